The van der Waals surface area contributed by atoms with Crippen LogP contribution in [0, 0.1) is 6.92 Å². The molecule has 1 aromatic carbocycles. The summed E-state index contributed by atoms with van der Waals surface area (Å²) in [5.41, 5.74) is 1.83. The largest absolute Gasteiger partial charge is 0.378 e. The van der Waals surface area contributed by atoms with Gasteiger partial charge < -0.3 is 25.6 Å². The number of carbonyl (C=O) groups is 1. The van der Waals surface area contributed by atoms with E-state index in [2.05, 4.69) is 30.8 Å². The van der Waals surface area contributed by atoms with E-state index in [-0.39, 0.29) is 6.03 Å². The van der Waals surface area contributed by atoms with Crippen molar-refractivity contribution in [3.8, 4) is 0 Å². The average Bonchev–Trinajstić information content (AvgIpc) is 2.68. The summed E-state index contributed by atoms with van der Waals surface area (Å²) < 4.78 is 5.36. The number of hydrogen-bond donors (Lipinski definition) is 3. The molecule has 1 aliphatic heterocycles. The number of para-hydroxylation sites is 1. The number of nitrogens with zero attached hydrogens (tertiary/aromatic N) is 3. The van der Waals surface area contributed by atoms with Crippen molar-refractivity contribution in [1.82, 2.24) is 15.3 Å². The molecular weight excluding hydrogens is 332 g/mol. The molecule has 3 N–H and O–H groups in total. The van der Waals surface area contributed by atoms with E-state index in [9.17, 15) is 4.79 Å². The fourth-order valence-electron chi connectivity index (χ4n) is 2.66. The van der Waals surface area contributed by atoms with Crippen molar-refractivity contribution in [2.75, 3.05) is 54.9 Å². The second-order valence-corrected chi connectivity index (χ2v) is 5.98. The van der Waals surface area contributed by atoms with Crippen LogP contribution < -0.4 is 20.9 Å². The lowest BCUT2D eigenvalue weighted by molar-refractivity contribution is 0.122. The average molecular weight is 356 g/mol. The van der Waals surface area contributed by atoms with Crippen LogP contribution in [0.5, 0.6) is 0 Å². The molecule has 0 spiro atoms. The molecule has 1 fully saturated rings. The van der Waals surface area contributed by atoms with E-state index in [1.54, 1.807) is 6.33 Å². The summed E-state index contributed by atoms with van der Waals surface area (Å²) in [4.78, 5) is 22.6. The highest BCUT2D eigenvalue weighted by atomic mass is 16.5. The first kappa shape index (κ1) is 17.9. The van der Waals surface area contributed by atoms with Crippen LogP contribution in [0.25, 0.3) is 0 Å². The minimum absolute atomic E-state index is 0.224. The molecule has 2 amide bonds. The predicted octanol–water partition coefficient (Wildman–Crippen LogP) is 1.86. The Bertz CT molecular complexity index is 733. The van der Waals surface area contributed by atoms with Crippen LogP contribution in [0.3, 0.4) is 0 Å². The van der Waals surface area contributed by atoms with Crippen LogP contribution in [0.15, 0.2) is 36.7 Å². The smallest absolute Gasteiger partial charge is 0.319 e. The third kappa shape index (κ3) is 5.06. The molecular formula is C18H24N6O2. The standard InChI is InChI=1S/C18H24N6O2/c1-14-4-2-3-5-15(14)23-18(25)20-7-6-19-16-12-17(22-13-21-16)24-8-10-26-11-9-24/h2-5,12-13H,6-11H2,1H3,(H,19,21,22)(H2,20,23,25). The van der Waals surface area contributed by atoms with Gasteiger partial charge in [-0.15, -0.1) is 0 Å². The molecule has 1 aromatic heterocycles. The maximum atomic E-state index is 11.9. The second kappa shape index (κ2) is 9.00. The lowest BCUT2D eigenvalue weighted by Crippen LogP contribution is -2.36. The van der Waals surface area contributed by atoms with Gasteiger partial charge in [0.25, 0.3) is 0 Å². The maximum Gasteiger partial charge on any atom is 0.319 e. The number of morpholine rings is 1. The molecule has 0 unspecified atom stereocenters. The van der Waals surface area contributed by atoms with Crippen molar-refractivity contribution in [3.63, 3.8) is 0 Å². The third-order valence-corrected chi connectivity index (χ3v) is 4.10. The number of amides is 2. The number of anilines is 3. The number of urea groups is 1. The summed E-state index contributed by atoms with van der Waals surface area (Å²) in [5, 5.41) is 8.87. The lowest BCUT2D eigenvalue weighted by Gasteiger charge is -2.27. The van der Waals surface area contributed by atoms with Gasteiger partial charge in [-0.2, -0.15) is 0 Å². The quantitative estimate of drug-likeness (QED) is 0.685. The van der Waals surface area contributed by atoms with E-state index in [4.69, 9.17) is 4.74 Å². The van der Waals surface area contributed by atoms with E-state index in [0.29, 0.717) is 26.3 Å². The van der Waals surface area contributed by atoms with Crippen molar-refractivity contribution >= 4 is 23.4 Å². The highest BCUT2D eigenvalue weighted by Gasteiger charge is 2.12. The van der Waals surface area contributed by atoms with Crippen LogP contribution in [-0.4, -0.2) is 55.4 Å². The number of ether oxygens (including phenoxy) is 1. The van der Waals surface area contributed by atoms with Crippen molar-refractivity contribution in [2.24, 2.45) is 0 Å². The van der Waals surface area contributed by atoms with Crippen molar-refractivity contribution in [2.45, 2.75) is 6.92 Å². The number of nitrogens with one attached hydrogen (secondary N) is 3. The molecule has 1 aliphatic rings. The number of carbonyl (C=O) groups excluding carboxylic acids is 1. The monoisotopic (exact) mass is 356 g/mol. The summed E-state index contributed by atoms with van der Waals surface area (Å²) in [6, 6.07) is 9.36. The molecule has 8 nitrogen and oxygen atoms in total. The van der Waals surface area contributed by atoms with Gasteiger partial charge in [-0.05, 0) is 18.6 Å². The summed E-state index contributed by atoms with van der Waals surface area (Å²) >= 11 is 0. The number of aryl methyl sites for hydroxylation is 1. The molecule has 26 heavy (non-hydrogen) atoms. The zero-order chi connectivity index (χ0) is 18.2. The molecule has 0 atom stereocenters. The van der Waals surface area contributed by atoms with Gasteiger partial charge in [-0.3, -0.25) is 0 Å². The van der Waals surface area contributed by atoms with E-state index in [1.807, 2.05) is 37.3 Å². The van der Waals surface area contributed by atoms with Gasteiger partial charge in [0.15, 0.2) is 0 Å². The van der Waals surface area contributed by atoms with Crippen molar-refractivity contribution < 1.29 is 9.53 Å². The Labute approximate surface area is 153 Å². The predicted molar refractivity (Wildman–Crippen MR) is 102 cm³/mol. The van der Waals surface area contributed by atoms with Crippen LogP contribution in [0.2, 0.25) is 0 Å². The first-order valence-electron chi connectivity index (χ1n) is 8.71. The summed E-state index contributed by atoms with van der Waals surface area (Å²) in [6.07, 6.45) is 1.55. The van der Waals surface area contributed by atoms with E-state index >= 15 is 0 Å². The van der Waals surface area contributed by atoms with Gasteiger partial charge in [0.1, 0.15) is 18.0 Å². The molecule has 0 aliphatic carbocycles. The Morgan fingerprint density at radius 1 is 1.19 bits per heavy atom. The first-order chi connectivity index (χ1) is 12.7. The zero-order valence-electron chi connectivity index (χ0n) is 14.9. The number of hydrogen-bond acceptors (Lipinski definition) is 6. The Hall–Kier alpha value is -2.87. The zero-order valence-corrected chi connectivity index (χ0v) is 14.9. The summed E-state index contributed by atoms with van der Waals surface area (Å²) in [7, 11) is 0. The normalized spacial score (nSPS) is 14.0. The molecule has 3 rings (SSSR count). The van der Waals surface area contributed by atoms with Crippen LogP contribution in [0.1, 0.15) is 5.56 Å². The number of aromatic nitrogens is 2. The van der Waals surface area contributed by atoms with Crippen molar-refractivity contribution in [3.05, 3.63) is 42.2 Å². The van der Waals surface area contributed by atoms with Crippen LogP contribution >= 0.6 is 0 Å². The molecule has 138 valence electrons. The van der Waals surface area contributed by atoms with E-state index in [1.165, 1.54) is 0 Å². The molecule has 0 bridgehead atoms. The first-order valence-corrected chi connectivity index (χ1v) is 8.71. The minimum atomic E-state index is -0.224. The molecule has 2 heterocycles. The highest BCUT2D eigenvalue weighted by molar-refractivity contribution is 5.90. The Morgan fingerprint density at radius 2 is 2.00 bits per heavy atom. The van der Waals surface area contributed by atoms with Gasteiger partial charge in [-0.1, -0.05) is 18.2 Å². The maximum absolute atomic E-state index is 11.9. The summed E-state index contributed by atoms with van der Waals surface area (Å²) in [5.74, 6) is 1.62. The number of benzene rings is 1. The molecule has 0 saturated carbocycles. The SMILES string of the molecule is Cc1ccccc1NC(=O)NCCNc1cc(N2CCOCC2)ncn1. The lowest BCUT2D eigenvalue weighted by atomic mass is 10.2. The molecule has 0 radical (unpaired) electrons. The van der Waals surface area contributed by atoms with Crippen LogP contribution in [-0.2, 0) is 4.74 Å². The molecule has 2 aromatic rings. The Balaban J connectivity index is 1.42. The topological polar surface area (TPSA) is 91.4 Å². The van der Waals surface area contributed by atoms with Gasteiger partial charge in [0.05, 0.1) is 13.2 Å². The minimum Gasteiger partial charge on any atom is -0.378 e. The fraction of sp³-hybridized carbons (Fsp3) is 0.389. The second-order valence-electron chi connectivity index (χ2n) is 5.98. The van der Waals surface area contributed by atoms with Gasteiger partial charge >= 0.3 is 6.03 Å². The Morgan fingerprint density at radius 3 is 2.81 bits per heavy atom. The molecule has 1 saturated heterocycles. The number of rotatable bonds is 6. The van der Waals surface area contributed by atoms with Gasteiger partial charge in [0, 0.05) is 37.9 Å². The van der Waals surface area contributed by atoms with Gasteiger partial charge in [0.2, 0.25) is 0 Å². The van der Waals surface area contributed by atoms with Gasteiger partial charge in [-0.25, -0.2) is 14.8 Å². The van der Waals surface area contributed by atoms with Crippen molar-refractivity contribution in [1.29, 1.82) is 0 Å². The summed E-state index contributed by atoms with van der Waals surface area (Å²) in [6.45, 7) is 6.10. The van der Waals surface area contributed by atoms with E-state index in [0.717, 1.165) is 36.0 Å². The van der Waals surface area contributed by atoms with Crippen LogP contribution in [0.4, 0.5) is 22.1 Å². The molecule has 8 heteroatoms. The Kier molecular flexibility index (Phi) is 6.21. The fourth-order valence-corrected chi connectivity index (χ4v) is 2.66. The third-order valence-electron chi connectivity index (χ3n) is 4.10. The van der Waals surface area contributed by atoms with E-state index < -0.39 is 0 Å². The highest BCUT2D eigenvalue weighted by Crippen LogP contribution is 2.15.